The van der Waals surface area contributed by atoms with Crippen LogP contribution in [-0.4, -0.2) is 28.5 Å². The third-order valence-corrected chi connectivity index (χ3v) is 6.63. The van der Waals surface area contributed by atoms with E-state index in [1.165, 1.54) is 18.9 Å². The Balaban J connectivity index is 1.68. The van der Waals surface area contributed by atoms with Gasteiger partial charge in [0, 0.05) is 30.2 Å². The topological polar surface area (TPSA) is 90.3 Å². The Morgan fingerprint density at radius 1 is 1.25 bits per heavy atom. The fourth-order valence-electron chi connectivity index (χ4n) is 3.69. The second-order valence-electron chi connectivity index (χ2n) is 7.36. The molecule has 4 rings (SSSR count). The smallest absolute Gasteiger partial charge is 0.337 e. The number of benzene rings is 2. The highest BCUT2D eigenvalue weighted by molar-refractivity contribution is 7.98. The van der Waals surface area contributed by atoms with Crippen LogP contribution in [0.25, 0.3) is 0 Å². The van der Waals surface area contributed by atoms with Crippen molar-refractivity contribution in [3.05, 3.63) is 86.2 Å². The number of esters is 1. The maximum atomic E-state index is 13.0. The summed E-state index contributed by atoms with van der Waals surface area (Å²) in [5, 5.41) is 3.97. The van der Waals surface area contributed by atoms with Crippen LogP contribution in [0.3, 0.4) is 0 Å². The highest BCUT2D eigenvalue weighted by Crippen LogP contribution is 2.36. The normalized spacial score (nSPS) is 15.1. The number of anilines is 1. The van der Waals surface area contributed by atoms with Crippen molar-refractivity contribution in [3.63, 3.8) is 0 Å². The molecule has 2 aromatic carbocycles. The van der Waals surface area contributed by atoms with Crippen molar-refractivity contribution >= 4 is 41.1 Å². The molecule has 1 aromatic heterocycles. The van der Waals surface area contributed by atoms with Gasteiger partial charge >= 0.3 is 5.97 Å². The highest BCUT2D eigenvalue weighted by Gasteiger charge is 2.32. The first-order valence-electron chi connectivity index (χ1n) is 9.83. The second kappa shape index (κ2) is 9.18. The van der Waals surface area contributed by atoms with E-state index in [9.17, 15) is 14.4 Å². The van der Waals surface area contributed by atoms with Gasteiger partial charge in [0.2, 0.25) is 5.91 Å². The third-order valence-electron chi connectivity index (χ3n) is 5.29. The summed E-state index contributed by atoms with van der Waals surface area (Å²) in [6.45, 7) is 0. The number of thioether (sulfide) groups is 1. The number of carbonyl (C=O) groups is 2. The Hall–Kier alpha value is -3.10. The first kappa shape index (κ1) is 22.1. The van der Waals surface area contributed by atoms with Crippen LogP contribution in [0, 0.1) is 0 Å². The van der Waals surface area contributed by atoms with Gasteiger partial charge in [-0.15, -0.1) is 0 Å². The Bertz CT molecular complexity index is 1260. The van der Waals surface area contributed by atoms with Crippen LogP contribution in [0.5, 0.6) is 0 Å². The second-order valence-corrected chi connectivity index (χ2v) is 8.74. The van der Waals surface area contributed by atoms with Crippen LogP contribution in [0.2, 0.25) is 5.02 Å². The van der Waals surface area contributed by atoms with E-state index in [1.54, 1.807) is 41.9 Å². The molecule has 0 aliphatic carbocycles. The summed E-state index contributed by atoms with van der Waals surface area (Å²) < 4.78 is 6.46. The monoisotopic (exact) mass is 469 g/mol. The van der Waals surface area contributed by atoms with Crippen molar-refractivity contribution in [1.29, 1.82) is 0 Å². The number of hydrogen-bond donors (Lipinski definition) is 1. The van der Waals surface area contributed by atoms with E-state index >= 15 is 0 Å². The standard InChI is InChI=1S/C23H20ClN3O4S/c1-27-20-19(21(29)26-23(27)32-12-13-4-3-5-16(24)10-13)17(11-18(28)25-20)14-6-8-15(9-7-14)22(30)31-2/h3-10,17H,11-12H2,1-2H3,(H,25,28)/t17-/m0/s1. The molecule has 32 heavy (non-hydrogen) atoms. The SMILES string of the molecule is COC(=O)c1ccc([C@@H]2CC(=O)Nc3c2c(=O)nc(SCc2cccc(Cl)c2)n3C)cc1. The van der Waals surface area contributed by atoms with Gasteiger partial charge < -0.3 is 14.6 Å². The van der Waals surface area contributed by atoms with Crippen LogP contribution in [-0.2, 0) is 22.3 Å². The number of carbonyl (C=O) groups excluding carboxylic acids is 2. The van der Waals surface area contributed by atoms with Crippen LogP contribution in [0.1, 0.15) is 39.4 Å². The first-order chi connectivity index (χ1) is 15.4. The lowest BCUT2D eigenvalue weighted by atomic mass is 9.86. The molecule has 1 N–H and O–H groups in total. The molecule has 164 valence electrons. The first-order valence-corrected chi connectivity index (χ1v) is 11.2. The van der Waals surface area contributed by atoms with Crippen molar-refractivity contribution in [1.82, 2.24) is 9.55 Å². The molecule has 2 heterocycles. The van der Waals surface area contributed by atoms with E-state index < -0.39 is 11.9 Å². The van der Waals surface area contributed by atoms with Gasteiger partial charge in [-0.1, -0.05) is 47.6 Å². The molecule has 0 saturated carbocycles. The molecular formula is C23H20ClN3O4S. The van der Waals surface area contributed by atoms with E-state index in [0.29, 0.717) is 32.9 Å². The van der Waals surface area contributed by atoms with Gasteiger partial charge in [0.15, 0.2) is 5.16 Å². The molecule has 1 aliphatic rings. The lowest BCUT2D eigenvalue weighted by Crippen LogP contribution is -2.33. The Labute approximate surface area is 193 Å². The van der Waals surface area contributed by atoms with Crippen molar-refractivity contribution in [2.45, 2.75) is 23.2 Å². The Kier molecular flexibility index (Phi) is 6.34. The molecule has 9 heteroatoms. The van der Waals surface area contributed by atoms with E-state index in [0.717, 1.165) is 11.1 Å². The zero-order chi connectivity index (χ0) is 22.8. The third kappa shape index (κ3) is 4.42. The number of rotatable bonds is 5. The van der Waals surface area contributed by atoms with Gasteiger partial charge in [-0.2, -0.15) is 4.98 Å². The average molecular weight is 470 g/mol. The number of nitrogens with one attached hydrogen (secondary N) is 1. The summed E-state index contributed by atoms with van der Waals surface area (Å²) in [6, 6.07) is 14.2. The average Bonchev–Trinajstić information content (AvgIpc) is 2.79. The summed E-state index contributed by atoms with van der Waals surface area (Å²) in [6.07, 6.45) is 0.122. The number of fused-ring (bicyclic) bond motifs is 1. The minimum Gasteiger partial charge on any atom is -0.465 e. The quantitative estimate of drug-likeness (QED) is 0.345. The van der Waals surface area contributed by atoms with Crippen molar-refractivity contribution in [3.8, 4) is 0 Å². The Morgan fingerprint density at radius 3 is 2.69 bits per heavy atom. The molecule has 1 atom stereocenters. The summed E-state index contributed by atoms with van der Waals surface area (Å²) in [4.78, 5) is 41.5. The molecule has 0 fully saturated rings. The van der Waals surface area contributed by atoms with Crippen LogP contribution in [0.15, 0.2) is 58.5 Å². The number of amides is 1. The summed E-state index contributed by atoms with van der Waals surface area (Å²) in [7, 11) is 3.09. The highest BCUT2D eigenvalue weighted by atomic mass is 35.5. The largest absolute Gasteiger partial charge is 0.465 e. The summed E-state index contributed by atoms with van der Waals surface area (Å²) in [5.74, 6) is -0.0734. The van der Waals surface area contributed by atoms with Gasteiger partial charge in [-0.3, -0.25) is 9.59 Å². The maximum Gasteiger partial charge on any atom is 0.337 e. The van der Waals surface area contributed by atoms with Crippen molar-refractivity contribution in [2.75, 3.05) is 12.4 Å². The van der Waals surface area contributed by atoms with E-state index in [4.69, 9.17) is 16.3 Å². The molecule has 7 nitrogen and oxygen atoms in total. The zero-order valence-electron chi connectivity index (χ0n) is 17.4. The van der Waals surface area contributed by atoms with E-state index in [2.05, 4.69) is 10.3 Å². The van der Waals surface area contributed by atoms with Gasteiger partial charge in [-0.05, 0) is 35.4 Å². The van der Waals surface area contributed by atoms with Crippen LogP contribution < -0.4 is 10.9 Å². The fourth-order valence-corrected chi connectivity index (χ4v) is 4.81. The number of ether oxygens (including phenoxy) is 1. The molecule has 0 bridgehead atoms. The number of nitrogens with zero attached hydrogens (tertiary/aromatic N) is 2. The molecule has 0 saturated heterocycles. The van der Waals surface area contributed by atoms with E-state index in [1.807, 2.05) is 18.2 Å². The predicted molar refractivity (Wildman–Crippen MR) is 123 cm³/mol. The fraction of sp³-hybridized carbons (Fsp3) is 0.217. The minimum absolute atomic E-state index is 0.122. The summed E-state index contributed by atoms with van der Waals surface area (Å²) in [5.41, 5.74) is 2.21. The minimum atomic E-state index is -0.455. The lowest BCUT2D eigenvalue weighted by molar-refractivity contribution is -0.116. The summed E-state index contributed by atoms with van der Waals surface area (Å²) >= 11 is 7.44. The van der Waals surface area contributed by atoms with Crippen molar-refractivity contribution < 1.29 is 14.3 Å². The molecule has 0 radical (unpaired) electrons. The number of hydrogen-bond acceptors (Lipinski definition) is 6. The number of aromatic nitrogens is 2. The Morgan fingerprint density at radius 2 is 2.00 bits per heavy atom. The van der Waals surface area contributed by atoms with E-state index in [-0.39, 0.29) is 17.9 Å². The number of methoxy groups -OCH3 is 1. The van der Waals surface area contributed by atoms with Crippen LogP contribution in [0.4, 0.5) is 5.82 Å². The van der Waals surface area contributed by atoms with Gasteiger partial charge in [0.1, 0.15) is 5.82 Å². The molecule has 3 aromatic rings. The van der Waals surface area contributed by atoms with Gasteiger partial charge in [-0.25, -0.2) is 4.79 Å². The lowest BCUT2D eigenvalue weighted by Gasteiger charge is -2.27. The molecule has 1 amide bonds. The van der Waals surface area contributed by atoms with Gasteiger partial charge in [0.05, 0.1) is 18.2 Å². The van der Waals surface area contributed by atoms with Crippen molar-refractivity contribution in [2.24, 2.45) is 7.05 Å². The molecule has 1 aliphatic heterocycles. The van der Waals surface area contributed by atoms with Crippen LogP contribution >= 0.6 is 23.4 Å². The predicted octanol–water partition coefficient (Wildman–Crippen LogP) is 3.99. The zero-order valence-corrected chi connectivity index (χ0v) is 19.0. The molecule has 0 unspecified atom stereocenters. The maximum absolute atomic E-state index is 13.0. The molecular weight excluding hydrogens is 450 g/mol. The molecule has 0 spiro atoms. The van der Waals surface area contributed by atoms with Gasteiger partial charge in [0.25, 0.3) is 5.56 Å². The number of halogens is 1.